The lowest BCUT2D eigenvalue weighted by atomic mass is 10.0. The molecule has 0 fully saturated rings. The van der Waals surface area contributed by atoms with Gasteiger partial charge in [-0.25, -0.2) is 4.79 Å². The van der Waals surface area contributed by atoms with E-state index in [1.807, 2.05) is 0 Å². The normalized spacial score (nSPS) is 13.6. The summed E-state index contributed by atoms with van der Waals surface area (Å²) >= 11 is 0. The number of hydrogen-bond acceptors (Lipinski definition) is 8. The van der Waals surface area contributed by atoms with Crippen LogP contribution in [0.4, 0.5) is 0 Å². The lowest BCUT2D eigenvalue weighted by Crippen LogP contribution is -2.57. The van der Waals surface area contributed by atoms with Crippen LogP contribution in [-0.2, 0) is 30.4 Å². The second-order valence-corrected chi connectivity index (χ2v) is 9.48. The standard InChI is InChI=1S/C26H42N8O7/c27-13-5-4-9-17(28)22(37)32-19(11-12-21(35)36)24(39)33-18(10-6-14-31-26(29)30)23(38)34-20(25(40)41)15-16-7-2-1-3-8-16/h1-3,7-8,17-20H,4-6,9-15,27-28H2,(H,32,37)(H,33,39)(H,34,38)(H,35,36)(H,40,41)(H4,29,30,31). The van der Waals surface area contributed by atoms with Crippen molar-refractivity contribution in [2.24, 2.45) is 27.9 Å². The van der Waals surface area contributed by atoms with E-state index in [2.05, 4.69) is 20.9 Å². The lowest BCUT2D eigenvalue weighted by Gasteiger charge is -2.25. The predicted molar refractivity (Wildman–Crippen MR) is 151 cm³/mol. The molecule has 228 valence electrons. The number of carboxylic acids is 2. The Labute approximate surface area is 238 Å². The zero-order valence-corrected chi connectivity index (χ0v) is 23.0. The van der Waals surface area contributed by atoms with Gasteiger partial charge in [0, 0.05) is 19.4 Å². The summed E-state index contributed by atoms with van der Waals surface area (Å²) in [4.78, 5) is 65.9. The molecule has 13 N–H and O–H groups in total. The minimum absolute atomic E-state index is 0.00405. The molecule has 0 saturated heterocycles. The Balaban J connectivity index is 3.07. The molecule has 0 aliphatic carbocycles. The third-order valence-electron chi connectivity index (χ3n) is 6.06. The summed E-state index contributed by atoms with van der Waals surface area (Å²) in [6.45, 7) is 0.559. The number of aliphatic imine (C=N–C) groups is 1. The van der Waals surface area contributed by atoms with E-state index in [1.54, 1.807) is 30.3 Å². The number of guanidine groups is 1. The second-order valence-electron chi connectivity index (χ2n) is 9.48. The van der Waals surface area contributed by atoms with E-state index < -0.39 is 60.2 Å². The number of carbonyl (C=O) groups excluding carboxylic acids is 3. The maximum absolute atomic E-state index is 13.2. The Morgan fingerprint density at radius 1 is 0.780 bits per heavy atom. The summed E-state index contributed by atoms with van der Waals surface area (Å²) in [5.41, 5.74) is 22.7. The minimum Gasteiger partial charge on any atom is -0.481 e. The molecule has 0 heterocycles. The number of nitrogens with two attached hydrogens (primary N) is 4. The van der Waals surface area contributed by atoms with Crippen LogP contribution in [0.15, 0.2) is 35.3 Å². The molecular formula is C26H42N8O7. The highest BCUT2D eigenvalue weighted by Gasteiger charge is 2.30. The molecule has 0 aliphatic heterocycles. The Hall–Kier alpha value is -4.24. The molecule has 41 heavy (non-hydrogen) atoms. The molecule has 3 amide bonds. The van der Waals surface area contributed by atoms with Gasteiger partial charge in [0.05, 0.1) is 6.04 Å². The van der Waals surface area contributed by atoms with Crippen LogP contribution in [-0.4, -0.2) is 83.1 Å². The molecule has 0 saturated carbocycles. The van der Waals surface area contributed by atoms with Gasteiger partial charge >= 0.3 is 11.9 Å². The van der Waals surface area contributed by atoms with Gasteiger partial charge in [-0.15, -0.1) is 0 Å². The van der Waals surface area contributed by atoms with Crippen LogP contribution in [0.2, 0.25) is 0 Å². The van der Waals surface area contributed by atoms with Crippen molar-refractivity contribution in [1.82, 2.24) is 16.0 Å². The average Bonchev–Trinajstić information content (AvgIpc) is 2.92. The van der Waals surface area contributed by atoms with Crippen molar-refractivity contribution in [3.63, 3.8) is 0 Å². The largest absolute Gasteiger partial charge is 0.481 e. The second kappa shape index (κ2) is 18.9. The van der Waals surface area contributed by atoms with Gasteiger partial charge in [-0.05, 0) is 44.2 Å². The molecule has 1 aromatic rings. The van der Waals surface area contributed by atoms with Crippen LogP contribution in [0.25, 0.3) is 0 Å². The molecule has 0 spiro atoms. The van der Waals surface area contributed by atoms with E-state index in [0.29, 0.717) is 31.4 Å². The zero-order valence-electron chi connectivity index (χ0n) is 23.0. The number of benzene rings is 1. The van der Waals surface area contributed by atoms with E-state index in [1.165, 1.54) is 0 Å². The number of amides is 3. The number of carboxylic acid groups (broad SMARTS) is 2. The molecule has 0 bridgehead atoms. The molecule has 0 aromatic heterocycles. The quantitative estimate of drug-likeness (QED) is 0.0470. The van der Waals surface area contributed by atoms with Gasteiger partial charge in [-0.1, -0.05) is 36.8 Å². The van der Waals surface area contributed by atoms with E-state index in [9.17, 15) is 29.1 Å². The number of nitrogens with zero attached hydrogens (tertiary/aromatic N) is 1. The van der Waals surface area contributed by atoms with Crippen LogP contribution in [0.1, 0.15) is 50.5 Å². The molecule has 0 radical (unpaired) electrons. The van der Waals surface area contributed by atoms with Crippen LogP contribution >= 0.6 is 0 Å². The van der Waals surface area contributed by atoms with E-state index in [4.69, 9.17) is 28.0 Å². The van der Waals surface area contributed by atoms with E-state index in [0.717, 1.165) is 0 Å². The van der Waals surface area contributed by atoms with Gasteiger partial charge in [-0.2, -0.15) is 0 Å². The van der Waals surface area contributed by atoms with Crippen molar-refractivity contribution in [3.05, 3.63) is 35.9 Å². The Morgan fingerprint density at radius 2 is 1.37 bits per heavy atom. The monoisotopic (exact) mass is 578 g/mol. The number of rotatable bonds is 20. The first-order chi connectivity index (χ1) is 19.4. The van der Waals surface area contributed by atoms with Crippen molar-refractivity contribution >= 4 is 35.6 Å². The summed E-state index contributed by atoms with van der Waals surface area (Å²) in [5, 5.41) is 26.2. The molecule has 15 heteroatoms. The summed E-state index contributed by atoms with van der Waals surface area (Å²) in [6, 6.07) is 3.87. The molecule has 15 nitrogen and oxygen atoms in total. The van der Waals surface area contributed by atoms with Crippen molar-refractivity contribution < 1.29 is 34.2 Å². The molecule has 4 unspecified atom stereocenters. The fraction of sp³-hybridized carbons (Fsp3) is 0.538. The number of carbonyl (C=O) groups is 5. The van der Waals surface area contributed by atoms with Crippen molar-refractivity contribution in [2.45, 2.75) is 75.5 Å². The summed E-state index contributed by atoms with van der Waals surface area (Å²) < 4.78 is 0. The summed E-state index contributed by atoms with van der Waals surface area (Å²) in [5.74, 6) is -4.90. The predicted octanol–water partition coefficient (Wildman–Crippen LogP) is -1.86. The Kier molecular flexibility index (Phi) is 16.1. The summed E-state index contributed by atoms with van der Waals surface area (Å²) in [7, 11) is 0. The highest BCUT2D eigenvalue weighted by Crippen LogP contribution is 2.08. The third kappa shape index (κ3) is 14.6. The number of unbranched alkanes of at least 4 members (excludes halogenated alkanes) is 1. The van der Waals surface area contributed by atoms with Gasteiger partial charge in [-0.3, -0.25) is 24.2 Å². The highest BCUT2D eigenvalue weighted by atomic mass is 16.4. The van der Waals surface area contributed by atoms with Crippen LogP contribution in [0.5, 0.6) is 0 Å². The van der Waals surface area contributed by atoms with Crippen LogP contribution in [0, 0.1) is 0 Å². The fourth-order valence-electron chi connectivity index (χ4n) is 3.82. The van der Waals surface area contributed by atoms with Crippen molar-refractivity contribution in [3.8, 4) is 0 Å². The number of aliphatic carboxylic acids is 2. The smallest absolute Gasteiger partial charge is 0.326 e. The molecular weight excluding hydrogens is 536 g/mol. The SMILES string of the molecule is NCCCCC(N)C(=O)NC(CCC(=O)O)C(=O)NC(CCCN=C(N)N)C(=O)NC(Cc1ccccc1)C(=O)O. The first-order valence-electron chi connectivity index (χ1n) is 13.3. The highest BCUT2D eigenvalue weighted by molar-refractivity contribution is 5.94. The molecule has 1 rings (SSSR count). The van der Waals surface area contributed by atoms with Crippen LogP contribution < -0.4 is 38.9 Å². The topological polar surface area (TPSA) is 278 Å². The lowest BCUT2D eigenvalue weighted by molar-refractivity contribution is -0.142. The Bertz CT molecular complexity index is 1030. The zero-order chi connectivity index (χ0) is 30.8. The summed E-state index contributed by atoms with van der Waals surface area (Å²) in [6.07, 6.45) is 1.09. The van der Waals surface area contributed by atoms with Crippen LogP contribution in [0.3, 0.4) is 0 Å². The molecule has 4 atom stereocenters. The number of hydrogen-bond donors (Lipinski definition) is 9. The van der Waals surface area contributed by atoms with Crippen molar-refractivity contribution in [1.29, 1.82) is 0 Å². The van der Waals surface area contributed by atoms with Gasteiger partial charge in [0.2, 0.25) is 17.7 Å². The van der Waals surface area contributed by atoms with Gasteiger partial charge in [0.25, 0.3) is 0 Å². The fourth-order valence-corrected chi connectivity index (χ4v) is 3.82. The first-order valence-corrected chi connectivity index (χ1v) is 13.3. The number of nitrogens with one attached hydrogen (secondary N) is 3. The maximum Gasteiger partial charge on any atom is 0.326 e. The van der Waals surface area contributed by atoms with Gasteiger partial charge in [0.15, 0.2) is 5.96 Å². The third-order valence-corrected chi connectivity index (χ3v) is 6.06. The molecule has 0 aliphatic rings. The minimum atomic E-state index is -1.31. The first kappa shape index (κ1) is 34.8. The van der Waals surface area contributed by atoms with E-state index >= 15 is 0 Å². The van der Waals surface area contributed by atoms with Gasteiger partial charge in [0.1, 0.15) is 18.1 Å². The van der Waals surface area contributed by atoms with Gasteiger partial charge < -0.3 is 49.1 Å². The maximum atomic E-state index is 13.2. The Morgan fingerprint density at radius 3 is 1.93 bits per heavy atom. The van der Waals surface area contributed by atoms with Crippen molar-refractivity contribution in [2.75, 3.05) is 13.1 Å². The molecule has 1 aromatic carbocycles. The average molecular weight is 579 g/mol. The van der Waals surface area contributed by atoms with E-state index in [-0.39, 0.29) is 38.2 Å².